The first kappa shape index (κ1) is 14.8. The van der Waals surface area contributed by atoms with E-state index in [2.05, 4.69) is 0 Å². The van der Waals surface area contributed by atoms with Gasteiger partial charge in [-0.2, -0.15) is 0 Å². The van der Waals surface area contributed by atoms with Gasteiger partial charge < -0.3 is 4.74 Å². The van der Waals surface area contributed by atoms with Crippen LogP contribution in [0.4, 0.5) is 8.78 Å². The van der Waals surface area contributed by atoms with Crippen molar-refractivity contribution in [3.8, 4) is 5.75 Å². The molecular weight excluding hydrogens is 282 g/mol. The Morgan fingerprint density at radius 3 is 2.60 bits per heavy atom. The van der Waals surface area contributed by atoms with E-state index in [1.165, 1.54) is 12.1 Å². The van der Waals surface area contributed by atoms with Crippen molar-refractivity contribution in [2.75, 3.05) is 6.61 Å². The second kappa shape index (κ2) is 6.23. The largest absolute Gasteiger partial charge is 0.494 e. The van der Waals surface area contributed by atoms with Crippen molar-refractivity contribution in [2.24, 2.45) is 0 Å². The van der Waals surface area contributed by atoms with Crippen LogP contribution in [-0.4, -0.2) is 6.61 Å². The molecule has 0 radical (unpaired) electrons. The minimum Gasteiger partial charge on any atom is -0.494 e. The quantitative estimate of drug-likeness (QED) is 0.721. The molecule has 0 saturated carbocycles. The van der Waals surface area contributed by atoms with Crippen LogP contribution in [0.15, 0.2) is 36.4 Å². The lowest BCUT2D eigenvalue weighted by atomic mass is 10.0. The smallest absolute Gasteiger partial charge is 0.163 e. The minimum absolute atomic E-state index is 0.109. The fourth-order valence-corrected chi connectivity index (χ4v) is 2.38. The molecule has 0 aromatic heterocycles. The molecule has 4 heteroatoms. The monoisotopic (exact) mass is 296 g/mol. The average molecular weight is 297 g/mol. The van der Waals surface area contributed by atoms with Gasteiger partial charge >= 0.3 is 0 Å². The van der Waals surface area contributed by atoms with Crippen molar-refractivity contribution in [3.05, 3.63) is 64.7 Å². The first-order valence-electron chi connectivity index (χ1n) is 6.36. The number of aryl methyl sites for hydroxylation is 1. The Morgan fingerprint density at radius 2 is 1.90 bits per heavy atom. The maximum absolute atomic E-state index is 13.9. The van der Waals surface area contributed by atoms with Gasteiger partial charge in [-0.1, -0.05) is 29.8 Å². The molecule has 0 amide bonds. The third kappa shape index (κ3) is 2.93. The molecule has 2 rings (SSSR count). The van der Waals surface area contributed by atoms with Gasteiger partial charge in [0.2, 0.25) is 0 Å². The molecule has 1 unspecified atom stereocenters. The van der Waals surface area contributed by atoms with E-state index in [1.54, 1.807) is 6.07 Å². The Hall–Kier alpha value is -1.61. The van der Waals surface area contributed by atoms with Crippen molar-refractivity contribution in [1.82, 2.24) is 0 Å². The highest BCUT2D eigenvalue weighted by atomic mass is 35.5. The summed E-state index contributed by atoms with van der Waals surface area (Å²) in [5.74, 6) is -1.24. The number of halogens is 3. The van der Waals surface area contributed by atoms with E-state index in [0.29, 0.717) is 17.9 Å². The van der Waals surface area contributed by atoms with Crippen LogP contribution in [0.5, 0.6) is 5.75 Å². The fourth-order valence-electron chi connectivity index (χ4n) is 2.04. The van der Waals surface area contributed by atoms with Gasteiger partial charge in [-0.25, -0.2) is 8.78 Å². The standard InChI is InChI=1S/C16H15ClF2O/c1-3-20-14-8-7-10(2)9-12(14)15(17)11-5-4-6-13(18)16(11)19/h4-9,15H,3H2,1-2H3. The SMILES string of the molecule is CCOc1ccc(C)cc1C(Cl)c1cccc(F)c1F. The van der Waals surface area contributed by atoms with Crippen LogP contribution in [-0.2, 0) is 0 Å². The zero-order valence-electron chi connectivity index (χ0n) is 11.3. The molecule has 0 N–H and O–H groups in total. The summed E-state index contributed by atoms with van der Waals surface area (Å²) in [7, 11) is 0. The Bertz CT molecular complexity index is 613. The second-order valence-electron chi connectivity index (χ2n) is 4.48. The van der Waals surface area contributed by atoms with E-state index >= 15 is 0 Å². The number of hydrogen-bond donors (Lipinski definition) is 0. The topological polar surface area (TPSA) is 9.23 Å². The number of benzene rings is 2. The van der Waals surface area contributed by atoms with Crippen LogP contribution in [0.25, 0.3) is 0 Å². The fraction of sp³-hybridized carbons (Fsp3) is 0.250. The van der Waals surface area contributed by atoms with E-state index in [9.17, 15) is 8.78 Å². The van der Waals surface area contributed by atoms with Gasteiger partial charge in [0.1, 0.15) is 5.75 Å². The third-order valence-corrected chi connectivity index (χ3v) is 3.46. The summed E-state index contributed by atoms with van der Waals surface area (Å²) in [6, 6.07) is 9.50. The molecular formula is C16H15ClF2O. The molecule has 0 bridgehead atoms. The zero-order valence-corrected chi connectivity index (χ0v) is 12.0. The Kier molecular flexibility index (Phi) is 4.61. The molecule has 0 heterocycles. The molecule has 0 aliphatic carbocycles. The van der Waals surface area contributed by atoms with Gasteiger partial charge in [0.05, 0.1) is 12.0 Å². The van der Waals surface area contributed by atoms with Gasteiger partial charge in [0.25, 0.3) is 0 Å². The normalized spacial score (nSPS) is 12.2. The molecule has 106 valence electrons. The number of rotatable bonds is 4. The number of ether oxygens (including phenoxy) is 1. The maximum atomic E-state index is 13.9. The number of hydrogen-bond acceptors (Lipinski definition) is 1. The highest BCUT2D eigenvalue weighted by molar-refractivity contribution is 6.22. The van der Waals surface area contributed by atoms with E-state index in [4.69, 9.17) is 16.3 Å². The molecule has 0 aliphatic rings. The van der Waals surface area contributed by atoms with E-state index in [-0.39, 0.29) is 5.56 Å². The first-order valence-corrected chi connectivity index (χ1v) is 6.79. The minimum atomic E-state index is -0.920. The zero-order chi connectivity index (χ0) is 14.7. The highest BCUT2D eigenvalue weighted by Crippen LogP contribution is 2.37. The predicted octanol–water partition coefficient (Wildman–Crippen LogP) is 5.00. The van der Waals surface area contributed by atoms with Crippen molar-refractivity contribution >= 4 is 11.6 Å². The maximum Gasteiger partial charge on any atom is 0.163 e. The van der Waals surface area contributed by atoms with Crippen LogP contribution in [0, 0.1) is 18.6 Å². The predicted molar refractivity (Wildman–Crippen MR) is 76.4 cm³/mol. The lowest BCUT2D eigenvalue weighted by molar-refractivity contribution is 0.336. The van der Waals surface area contributed by atoms with Gasteiger partial charge in [-0.05, 0) is 26.0 Å². The summed E-state index contributed by atoms with van der Waals surface area (Å²) in [6.45, 7) is 4.24. The van der Waals surface area contributed by atoms with Crippen LogP contribution in [0.3, 0.4) is 0 Å². The molecule has 0 fully saturated rings. The van der Waals surface area contributed by atoms with Gasteiger partial charge in [-0.3, -0.25) is 0 Å². The van der Waals surface area contributed by atoms with Gasteiger partial charge in [-0.15, -0.1) is 11.6 Å². The molecule has 1 atom stereocenters. The van der Waals surface area contributed by atoms with Crippen LogP contribution >= 0.6 is 11.6 Å². The Labute approximate surface area is 122 Å². The molecule has 2 aromatic rings. The summed E-state index contributed by atoms with van der Waals surface area (Å²) in [4.78, 5) is 0. The van der Waals surface area contributed by atoms with Crippen molar-refractivity contribution in [1.29, 1.82) is 0 Å². The second-order valence-corrected chi connectivity index (χ2v) is 4.92. The molecule has 0 spiro atoms. The van der Waals surface area contributed by atoms with Crippen LogP contribution in [0.2, 0.25) is 0 Å². The van der Waals surface area contributed by atoms with E-state index in [0.717, 1.165) is 11.6 Å². The van der Waals surface area contributed by atoms with Crippen LogP contribution < -0.4 is 4.74 Å². The summed E-state index contributed by atoms with van der Waals surface area (Å²) < 4.78 is 32.7. The average Bonchev–Trinajstić information content (AvgIpc) is 2.43. The lowest BCUT2D eigenvalue weighted by Crippen LogP contribution is -2.03. The van der Waals surface area contributed by atoms with E-state index in [1.807, 2.05) is 26.0 Å². The van der Waals surface area contributed by atoms with Crippen molar-refractivity contribution < 1.29 is 13.5 Å². The van der Waals surface area contributed by atoms with Crippen molar-refractivity contribution in [3.63, 3.8) is 0 Å². The molecule has 0 aliphatic heterocycles. The third-order valence-electron chi connectivity index (χ3n) is 2.99. The molecule has 0 saturated heterocycles. The summed E-state index contributed by atoms with van der Waals surface area (Å²) >= 11 is 6.34. The number of alkyl halides is 1. The lowest BCUT2D eigenvalue weighted by Gasteiger charge is -2.17. The van der Waals surface area contributed by atoms with Crippen molar-refractivity contribution in [2.45, 2.75) is 19.2 Å². The van der Waals surface area contributed by atoms with Gasteiger partial charge in [0.15, 0.2) is 11.6 Å². The highest BCUT2D eigenvalue weighted by Gasteiger charge is 2.21. The van der Waals surface area contributed by atoms with Gasteiger partial charge in [0, 0.05) is 11.1 Å². The summed E-state index contributed by atoms with van der Waals surface area (Å²) in [5.41, 5.74) is 1.72. The molecule has 20 heavy (non-hydrogen) atoms. The van der Waals surface area contributed by atoms with Crippen LogP contribution in [0.1, 0.15) is 29.0 Å². The first-order chi connectivity index (χ1) is 9.54. The summed E-state index contributed by atoms with van der Waals surface area (Å²) in [6.07, 6.45) is 0. The van der Waals surface area contributed by atoms with E-state index < -0.39 is 17.0 Å². The molecule has 2 aromatic carbocycles. The summed E-state index contributed by atoms with van der Waals surface area (Å²) in [5, 5.41) is -0.799. The Balaban J connectivity index is 2.49. The molecule has 1 nitrogen and oxygen atoms in total. The Morgan fingerprint density at radius 1 is 1.15 bits per heavy atom.